The van der Waals surface area contributed by atoms with Crippen molar-refractivity contribution in [1.29, 1.82) is 0 Å². The molecule has 0 saturated heterocycles. The molecule has 0 aromatic heterocycles. The van der Waals surface area contributed by atoms with Gasteiger partial charge in [-0.3, -0.25) is 0 Å². The van der Waals surface area contributed by atoms with Crippen LogP contribution in [0.3, 0.4) is 0 Å². The second-order valence-electron chi connectivity index (χ2n) is 3.02. The highest BCUT2D eigenvalue weighted by atomic mass is 16.5. The molecule has 0 aliphatic carbocycles. The predicted molar refractivity (Wildman–Crippen MR) is 43.4 cm³/mol. The standard InChI is InChI=1S/C8H18O3/c1-3-5-11-6-4-8(2,10)7-9/h9-10H,3-7H2,1-2H3. The lowest BCUT2D eigenvalue weighted by molar-refractivity contribution is -0.0265. The third-order valence-corrected chi connectivity index (χ3v) is 1.47. The Labute approximate surface area is 68.0 Å². The van der Waals surface area contributed by atoms with E-state index in [2.05, 4.69) is 0 Å². The van der Waals surface area contributed by atoms with Gasteiger partial charge in [-0.05, 0) is 13.3 Å². The van der Waals surface area contributed by atoms with Crippen LogP contribution in [0, 0.1) is 0 Å². The van der Waals surface area contributed by atoms with Gasteiger partial charge in [-0.25, -0.2) is 0 Å². The molecule has 0 fully saturated rings. The van der Waals surface area contributed by atoms with Gasteiger partial charge in [0.05, 0.1) is 12.2 Å². The molecular weight excluding hydrogens is 144 g/mol. The molecule has 0 aromatic carbocycles. The average molecular weight is 162 g/mol. The van der Waals surface area contributed by atoms with Crippen LogP contribution in [0.5, 0.6) is 0 Å². The minimum absolute atomic E-state index is 0.206. The zero-order valence-corrected chi connectivity index (χ0v) is 7.34. The van der Waals surface area contributed by atoms with E-state index in [1.165, 1.54) is 0 Å². The van der Waals surface area contributed by atoms with Crippen molar-refractivity contribution in [3.63, 3.8) is 0 Å². The molecule has 1 unspecified atom stereocenters. The molecular formula is C8H18O3. The highest BCUT2D eigenvalue weighted by Gasteiger charge is 2.17. The maximum absolute atomic E-state index is 9.29. The largest absolute Gasteiger partial charge is 0.393 e. The third-order valence-electron chi connectivity index (χ3n) is 1.47. The van der Waals surface area contributed by atoms with Gasteiger partial charge in [0.2, 0.25) is 0 Å². The van der Waals surface area contributed by atoms with Gasteiger partial charge < -0.3 is 14.9 Å². The molecule has 1 atom stereocenters. The van der Waals surface area contributed by atoms with Crippen molar-refractivity contribution in [2.45, 2.75) is 32.3 Å². The zero-order valence-electron chi connectivity index (χ0n) is 7.34. The first-order valence-corrected chi connectivity index (χ1v) is 4.03. The predicted octanol–water partition coefficient (Wildman–Crippen LogP) is 0.546. The fourth-order valence-corrected chi connectivity index (χ4v) is 0.617. The molecule has 0 saturated carbocycles. The van der Waals surface area contributed by atoms with Crippen molar-refractivity contribution in [2.24, 2.45) is 0 Å². The van der Waals surface area contributed by atoms with E-state index in [1.54, 1.807) is 6.92 Å². The molecule has 0 spiro atoms. The van der Waals surface area contributed by atoms with Crippen LogP contribution >= 0.6 is 0 Å². The second kappa shape index (κ2) is 5.52. The molecule has 0 amide bonds. The highest BCUT2D eigenvalue weighted by Crippen LogP contribution is 2.07. The topological polar surface area (TPSA) is 49.7 Å². The van der Waals surface area contributed by atoms with E-state index in [-0.39, 0.29) is 6.61 Å². The first-order valence-electron chi connectivity index (χ1n) is 4.03. The Balaban J connectivity index is 3.23. The SMILES string of the molecule is CCCOCCC(C)(O)CO. The van der Waals surface area contributed by atoms with Gasteiger partial charge in [0.25, 0.3) is 0 Å². The van der Waals surface area contributed by atoms with Gasteiger partial charge in [0.1, 0.15) is 0 Å². The van der Waals surface area contributed by atoms with Crippen LogP contribution in [-0.2, 0) is 4.74 Å². The van der Waals surface area contributed by atoms with E-state index in [4.69, 9.17) is 9.84 Å². The summed E-state index contributed by atoms with van der Waals surface area (Å²) in [7, 11) is 0. The Morgan fingerprint density at radius 2 is 2.00 bits per heavy atom. The Morgan fingerprint density at radius 3 is 2.45 bits per heavy atom. The minimum Gasteiger partial charge on any atom is -0.393 e. The molecule has 0 bridgehead atoms. The van der Waals surface area contributed by atoms with E-state index in [9.17, 15) is 5.11 Å². The average Bonchev–Trinajstić information content (AvgIpc) is 1.99. The first kappa shape index (κ1) is 10.9. The Hall–Kier alpha value is -0.120. The van der Waals surface area contributed by atoms with Crippen molar-refractivity contribution in [1.82, 2.24) is 0 Å². The van der Waals surface area contributed by atoms with E-state index >= 15 is 0 Å². The molecule has 0 heterocycles. The van der Waals surface area contributed by atoms with Gasteiger partial charge in [-0.15, -0.1) is 0 Å². The molecule has 0 aliphatic rings. The molecule has 11 heavy (non-hydrogen) atoms. The van der Waals surface area contributed by atoms with Gasteiger partial charge >= 0.3 is 0 Å². The van der Waals surface area contributed by atoms with Gasteiger partial charge in [0, 0.05) is 19.6 Å². The third kappa shape index (κ3) is 6.28. The minimum atomic E-state index is -0.978. The molecule has 0 aliphatic heterocycles. The Kier molecular flexibility index (Phi) is 5.46. The number of ether oxygens (including phenoxy) is 1. The molecule has 68 valence electrons. The van der Waals surface area contributed by atoms with Crippen molar-refractivity contribution in [3.05, 3.63) is 0 Å². The summed E-state index contributed by atoms with van der Waals surface area (Å²) in [5, 5.41) is 17.9. The van der Waals surface area contributed by atoms with E-state index < -0.39 is 5.60 Å². The first-order chi connectivity index (χ1) is 5.12. The van der Waals surface area contributed by atoms with Crippen LogP contribution in [0.1, 0.15) is 26.7 Å². The van der Waals surface area contributed by atoms with Gasteiger partial charge in [-0.1, -0.05) is 6.92 Å². The monoisotopic (exact) mass is 162 g/mol. The number of aliphatic hydroxyl groups excluding tert-OH is 1. The van der Waals surface area contributed by atoms with Gasteiger partial charge in [-0.2, -0.15) is 0 Å². The van der Waals surface area contributed by atoms with Crippen molar-refractivity contribution < 1.29 is 14.9 Å². The van der Waals surface area contributed by atoms with E-state index in [1.807, 2.05) is 6.92 Å². The number of hydrogen-bond acceptors (Lipinski definition) is 3. The number of aliphatic hydroxyl groups is 2. The van der Waals surface area contributed by atoms with Crippen LogP contribution < -0.4 is 0 Å². The lowest BCUT2D eigenvalue weighted by atomic mass is 10.1. The van der Waals surface area contributed by atoms with Gasteiger partial charge in [0.15, 0.2) is 0 Å². The molecule has 3 heteroatoms. The van der Waals surface area contributed by atoms with Crippen LogP contribution in [0.15, 0.2) is 0 Å². The van der Waals surface area contributed by atoms with Crippen LogP contribution in [0.25, 0.3) is 0 Å². The fourth-order valence-electron chi connectivity index (χ4n) is 0.617. The van der Waals surface area contributed by atoms with E-state index in [0.29, 0.717) is 13.0 Å². The second-order valence-corrected chi connectivity index (χ2v) is 3.02. The Morgan fingerprint density at radius 1 is 1.36 bits per heavy atom. The summed E-state index contributed by atoms with van der Waals surface area (Å²) in [5.41, 5.74) is -0.978. The van der Waals surface area contributed by atoms with Crippen LogP contribution in [0.2, 0.25) is 0 Å². The summed E-state index contributed by atoms with van der Waals surface area (Å²) < 4.78 is 5.15. The highest BCUT2D eigenvalue weighted by molar-refractivity contribution is 4.69. The normalized spacial score (nSPS) is 16.4. The summed E-state index contributed by atoms with van der Waals surface area (Å²) in [6.45, 7) is 4.66. The maximum atomic E-state index is 9.29. The number of hydrogen-bond donors (Lipinski definition) is 2. The van der Waals surface area contributed by atoms with Crippen molar-refractivity contribution in [2.75, 3.05) is 19.8 Å². The quantitative estimate of drug-likeness (QED) is 0.561. The summed E-state index contributed by atoms with van der Waals surface area (Å²) in [6, 6.07) is 0. The fraction of sp³-hybridized carbons (Fsp3) is 1.00. The van der Waals surface area contributed by atoms with Crippen LogP contribution in [0.4, 0.5) is 0 Å². The molecule has 0 aromatic rings. The zero-order chi connectivity index (χ0) is 8.74. The smallest absolute Gasteiger partial charge is 0.0871 e. The van der Waals surface area contributed by atoms with Crippen LogP contribution in [-0.4, -0.2) is 35.6 Å². The maximum Gasteiger partial charge on any atom is 0.0871 e. The van der Waals surface area contributed by atoms with Crippen molar-refractivity contribution >= 4 is 0 Å². The van der Waals surface area contributed by atoms with Crippen molar-refractivity contribution in [3.8, 4) is 0 Å². The molecule has 2 N–H and O–H groups in total. The molecule has 0 radical (unpaired) electrons. The summed E-state index contributed by atoms with van der Waals surface area (Å²) in [6.07, 6.45) is 1.48. The molecule has 0 rings (SSSR count). The Bertz CT molecular complexity index is 91.3. The molecule has 3 nitrogen and oxygen atoms in total. The van der Waals surface area contributed by atoms with E-state index in [0.717, 1.165) is 13.0 Å². The lowest BCUT2D eigenvalue weighted by Crippen LogP contribution is -2.30. The summed E-state index contributed by atoms with van der Waals surface area (Å²) in [4.78, 5) is 0. The summed E-state index contributed by atoms with van der Waals surface area (Å²) in [5.74, 6) is 0. The summed E-state index contributed by atoms with van der Waals surface area (Å²) >= 11 is 0. The lowest BCUT2D eigenvalue weighted by Gasteiger charge is -2.19. The number of rotatable bonds is 6.